The van der Waals surface area contributed by atoms with Crippen molar-refractivity contribution in [1.82, 2.24) is 4.90 Å². The molecular weight excluding hydrogens is 220 g/mol. The first-order chi connectivity index (χ1) is 7.72. The molecular formula is C12H22N2OS. The molecule has 16 heavy (non-hydrogen) atoms. The summed E-state index contributed by atoms with van der Waals surface area (Å²) in [4.78, 5) is 14.1. The van der Waals surface area contributed by atoms with E-state index in [9.17, 15) is 4.79 Å². The van der Waals surface area contributed by atoms with E-state index in [2.05, 4.69) is 11.2 Å². The molecule has 92 valence electrons. The van der Waals surface area contributed by atoms with Crippen molar-refractivity contribution in [1.29, 1.82) is 0 Å². The second-order valence-electron chi connectivity index (χ2n) is 4.96. The van der Waals surface area contributed by atoms with Crippen LogP contribution in [0.4, 0.5) is 0 Å². The minimum atomic E-state index is -0.233. The van der Waals surface area contributed by atoms with E-state index in [1.165, 1.54) is 25.7 Å². The van der Waals surface area contributed by atoms with Gasteiger partial charge in [-0.25, -0.2) is 0 Å². The molecule has 4 heteroatoms. The van der Waals surface area contributed by atoms with E-state index in [1.807, 2.05) is 11.8 Å². The SMILES string of the molecule is CSC1CCCC(N2CCCC(N)C2=O)C1. The van der Waals surface area contributed by atoms with Crippen molar-refractivity contribution in [3.8, 4) is 0 Å². The highest BCUT2D eigenvalue weighted by atomic mass is 32.2. The molecule has 1 aliphatic carbocycles. The molecule has 2 rings (SSSR count). The van der Waals surface area contributed by atoms with Crippen molar-refractivity contribution in [3.63, 3.8) is 0 Å². The third kappa shape index (κ3) is 2.54. The van der Waals surface area contributed by atoms with Gasteiger partial charge in [0.2, 0.25) is 5.91 Å². The summed E-state index contributed by atoms with van der Waals surface area (Å²) in [5.74, 6) is 0.193. The van der Waals surface area contributed by atoms with Gasteiger partial charge in [-0.1, -0.05) is 6.42 Å². The van der Waals surface area contributed by atoms with Crippen LogP contribution < -0.4 is 5.73 Å². The Kier molecular flexibility index (Phi) is 4.14. The van der Waals surface area contributed by atoms with Gasteiger partial charge in [-0.05, 0) is 38.4 Å². The first-order valence-electron chi connectivity index (χ1n) is 6.31. The largest absolute Gasteiger partial charge is 0.338 e. The van der Waals surface area contributed by atoms with Crippen molar-refractivity contribution in [2.24, 2.45) is 5.73 Å². The Bertz CT molecular complexity index is 259. The molecule has 1 heterocycles. The molecule has 0 aromatic heterocycles. The topological polar surface area (TPSA) is 46.3 Å². The zero-order chi connectivity index (χ0) is 11.5. The van der Waals surface area contributed by atoms with Gasteiger partial charge in [0, 0.05) is 17.8 Å². The first kappa shape index (κ1) is 12.2. The van der Waals surface area contributed by atoms with Crippen LogP contribution in [-0.4, -0.2) is 40.9 Å². The average molecular weight is 242 g/mol. The summed E-state index contributed by atoms with van der Waals surface area (Å²) in [5, 5.41) is 0.740. The Morgan fingerprint density at radius 2 is 2.12 bits per heavy atom. The average Bonchev–Trinajstić information content (AvgIpc) is 2.33. The van der Waals surface area contributed by atoms with Crippen molar-refractivity contribution in [2.75, 3.05) is 12.8 Å². The van der Waals surface area contributed by atoms with Gasteiger partial charge in [0.05, 0.1) is 6.04 Å². The monoisotopic (exact) mass is 242 g/mol. The Labute approximate surface area is 102 Å². The van der Waals surface area contributed by atoms with Crippen LogP contribution in [0.2, 0.25) is 0 Å². The predicted molar refractivity (Wildman–Crippen MR) is 68.5 cm³/mol. The van der Waals surface area contributed by atoms with E-state index in [4.69, 9.17) is 5.73 Å². The number of hydrogen-bond donors (Lipinski definition) is 1. The molecule has 1 saturated heterocycles. The minimum Gasteiger partial charge on any atom is -0.338 e. The number of nitrogens with two attached hydrogens (primary N) is 1. The van der Waals surface area contributed by atoms with Crippen LogP contribution in [0.1, 0.15) is 38.5 Å². The highest BCUT2D eigenvalue weighted by molar-refractivity contribution is 7.99. The second kappa shape index (κ2) is 5.41. The lowest BCUT2D eigenvalue weighted by Gasteiger charge is -2.40. The highest BCUT2D eigenvalue weighted by Crippen LogP contribution is 2.31. The van der Waals surface area contributed by atoms with Crippen molar-refractivity contribution in [2.45, 2.75) is 55.9 Å². The van der Waals surface area contributed by atoms with Gasteiger partial charge < -0.3 is 10.6 Å². The fourth-order valence-electron chi connectivity index (χ4n) is 2.91. The zero-order valence-electron chi connectivity index (χ0n) is 10.0. The number of carbonyl (C=O) groups excluding carboxylic acids is 1. The number of likely N-dealkylation sites (tertiary alicyclic amines) is 1. The normalized spacial score (nSPS) is 36.5. The summed E-state index contributed by atoms with van der Waals surface area (Å²) in [5.41, 5.74) is 5.85. The standard InChI is InChI=1S/C12H22N2OS/c1-16-10-5-2-4-9(8-10)14-7-3-6-11(13)12(14)15/h9-11H,2-8,13H2,1H3. The molecule has 2 fully saturated rings. The van der Waals surface area contributed by atoms with Gasteiger partial charge in [0.15, 0.2) is 0 Å². The molecule has 3 unspecified atom stereocenters. The Balaban J connectivity index is 1.97. The van der Waals surface area contributed by atoms with Crippen LogP contribution in [-0.2, 0) is 4.79 Å². The van der Waals surface area contributed by atoms with E-state index in [1.54, 1.807) is 0 Å². The number of hydrogen-bond acceptors (Lipinski definition) is 3. The third-order valence-corrected chi connectivity index (χ3v) is 4.98. The van der Waals surface area contributed by atoms with Crippen LogP contribution in [0.15, 0.2) is 0 Å². The maximum absolute atomic E-state index is 12.0. The van der Waals surface area contributed by atoms with Crippen molar-refractivity contribution >= 4 is 17.7 Å². The third-order valence-electron chi connectivity index (χ3n) is 3.89. The summed E-state index contributed by atoms with van der Waals surface area (Å²) < 4.78 is 0. The lowest BCUT2D eigenvalue weighted by atomic mass is 9.91. The summed E-state index contributed by atoms with van der Waals surface area (Å²) in [7, 11) is 0. The summed E-state index contributed by atoms with van der Waals surface area (Å²) in [6.07, 6.45) is 9.04. The van der Waals surface area contributed by atoms with Crippen LogP contribution in [0.25, 0.3) is 0 Å². The molecule has 0 radical (unpaired) electrons. The minimum absolute atomic E-state index is 0.193. The fourth-order valence-corrected chi connectivity index (χ4v) is 3.73. The van der Waals surface area contributed by atoms with Crippen LogP contribution in [0.5, 0.6) is 0 Å². The molecule has 2 N–H and O–H groups in total. The predicted octanol–water partition coefficient (Wildman–Crippen LogP) is 1.61. The molecule has 1 aliphatic heterocycles. The number of amides is 1. The van der Waals surface area contributed by atoms with Crippen LogP contribution >= 0.6 is 11.8 Å². The van der Waals surface area contributed by atoms with E-state index < -0.39 is 0 Å². The van der Waals surface area contributed by atoms with Crippen LogP contribution in [0, 0.1) is 0 Å². The number of carbonyl (C=O) groups is 1. The van der Waals surface area contributed by atoms with Gasteiger partial charge in [0.1, 0.15) is 0 Å². The lowest BCUT2D eigenvalue weighted by molar-refractivity contribution is -0.138. The summed E-state index contributed by atoms with van der Waals surface area (Å²) >= 11 is 1.95. The molecule has 3 nitrogen and oxygen atoms in total. The van der Waals surface area contributed by atoms with Gasteiger partial charge in [-0.2, -0.15) is 11.8 Å². The molecule has 2 aliphatic rings. The quantitative estimate of drug-likeness (QED) is 0.800. The Hall–Kier alpha value is -0.220. The first-order valence-corrected chi connectivity index (χ1v) is 7.60. The highest BCUT2D eigenvalue weighted by Gasteiger charge is 2.33. The second-order valence-corrected chi connectivity index (χ2v) is 6.10. The van der Waals surface area contributed by atoms with E-state index in [-0.39, 0.29) is 11.9 Å². The lowest BCUT2D eigenvalue weighted by Crippen LogP contribution is -2.53. The van der Waals surface area contributed by atoms with E-state index in [0.29, 0.717) is 6.04 Å². The van der Waals surface area contributed by atoms with Gasteiger partial charge >= 0.3 is 0 Å². The Morgan fingerprint density at radius 3 is 2.88 bits per heavy atom. The maximum atomic E-state index is 12.0. The molecule has 0 bridgehead atoms. The van der Waals surface area contributed by atoms with Crippen molar-refractivity contribution < 1.29 is 4.79 Å². The van der Waals surface area contributed by atoms with Gasteiger partial charge in [-0.15, -0.1) is 0 Å². The fraction of sp³-hybridized carbons (Fsp3) is 0.917. The van der Waals surface area contributed by atoms with E-state index in [0.717, 1.165) is 24.6 Å². The number of thioether (sulfide) groups is 1. The molecule has 3 atom stereocenters. The molecule has 0 spiro atoms. The van der Waals surface area contributed by atoms with Gasteiger partial charge in [0.25, 0.3) is 0 Å². The zero-order valence-corrected chi connectivity index (χ0v) is 10.8. The molecule has 1 saturated carbocycles. The molecule has 0 aromatic carbocycles. The molecule has 1 amide bonds. The smallest absolute Gasteiger partial charge is 0.239 e. The number of nitrogens with zero attached hydrogens (tertiary/aromatic N) is 1. The Morgan fingerprint density at radius 1 is 1.31 bits per heavy atom. The molecule has 0 aromatic rings. The van der Waals surface area contributed by atoms with Gasteiger partial charge in [-0.3, -0.25) is 4.79 Å². The maximum Gasteiger partial charge on any atom is 0.239 e. The number of rotatable bonds is 2. The number of piperidine rings is 1. The summed E-state index contributed by atoms with van der Waals surface area (Å²) in [6.45, 7) is 0.929. The van der Waals surface area contributed by atoms with E-state index >= 15 is 0 Å². The van der Waals surface area contributed by atoms with Crippen LogP contribution in [0.3, 0.4) is 0 Å². The van der Waals surface area contributed by atoms with Crippen molar-refractivity contribution in [3.05, 3.63) is 0 Å². The summed E-state index contributed by atoms with van der Waals surface area (Å²) in [6, 6.07) is 0.230.